The maximum atomic E-state index is 12.7. The van der Waals surface area contributed by atoms with Crippen molar-refractivity contribution >= 4 is 40.7 Å². The minimum absolute atomic E-state index is 0.0949. The summed E-state index contributed by atoms with van der Waals surface area (Å²) in [5, 5.41) is 0.969. The first-order chi connectivity index (χ1) is 11.0. The minimum atomic E-state index is -0.626. The zero-order valence-electron chi connectivity index (χ0n) is 12.7. The van der Waals surface area contributed by atoms with Gasteiger partial charge in [0.1, 0.15) is 5.92 Å². The Labute approximate surface area is 145 Å². The predicted molar refractivity (Wildman–Crippen MR) is 90.7 cm³/mol. The van der Waals surface area contributed by atoms with Gasteiger partial charge < -0.3 is 15.5 Å². The van der Waals surface area contributed by atoms with Crippen LogP contribution < -0.4 is 10.6 Å². The average molecular weight is 356 g/mol. The van der Waals surface area contributed by atoms with Crippen LogP contribution in [0, 0.1) is 5.92 Å². The Morgan fingerprint density at radius 3 is 2.52 bits per heavy atom. The van der Waals surface area contributed by atoms with Crippen LogP contribution in [0.1, 0.15) is 19.3 Å². The molecule has 1 unspecified atom stereocenters. The predicted octanol–water partition coefficient (Wildman–Crippen LogP) is 2.30. The van der Waals surface area contributed by atoms with Gasteiger partial charge in [-0.1, -0.05) is 23.2 Å². The van der Waals surface area contributed by atoms with Gasteiger partial charge in [-0.3, -0.25) is 9.59 Å². The summed E-state index contributed by atoms with van der Waals surface area (Å²) in [7, 11) is 0. The van der Waals surface area contributed by atoms with Crippen molar-refractivity contribution in [3.05, 3.63) is 28.2 Å². The normalized spacial score (nSPS) is 22.7. The van der Waals surface area contributed by atoms with Gasteiger partial charge in [0.15, 0.2) is 0 Å². The van der Waals surface area contributed by atoms with Crippen LogP contribution in [0.2, 0.25) is 10.0 Å². The summed E-state index contributed by atoms with van der Waals surface area (Å²) in [4.78, 5) is 28.6. The second-order valence-electron chi connectivity index (χ2n) is 6.09. The molecule has 5 nitrogen and oxygen atoms in total. The van der Waals surface area contributed by atoms with Crippen molar-refractivity contribution in [2.24, 2.45) is 11.7 Å². The van der Waals surface area contributed by atoms with Crippen LogP contribution in [0.25, 0.3) is 0 Å². The van der Waals surface area contributed by atoms with Crippen LogP contribution in [-0.4, -0.2) is 42.4 Å². The molecule has 2 N–H and O–H groups in total. The largest absolute Gasteiger partial charge is 0.342 e. The second-order valence-corrected chi connectivity index (χ2v) is 6.93. The number of halogens is 2. The fraction of sp³-hybridized carbons (Fsp3) is 0.500. The molecule has 2 aliphatic heterocycles. The van der Waals surface area contributed by atoms with Gasteiger partial charge in [0.2, 0.25) is 11.8 Å². The number of anilines is 1. The molecule has 124 valence electrons. The van der Waals surface area contributed by atoms with Gasteiger partial charge in [-0.05, 0) is 37.5 Å². The zero-order valence-corrected chi connectivity index (χ0v) is 14.2. The SMILES string of the molecule is NC1CCN(C(=O)C2CCN(c3cc(Cl)ccc3Cl)C2=O)CC1. The van der Waals surface area contributed by atoms with E-state index in [1.807, 2.05) is 0 Å². The Balaban J connectivity index is 1.74. The molecule has 0 spiro atoms. The first kappa shape index (κ1) is 16.6. The summed E-state index contributed by atoms with van der Waals surface area (Å²) in [5.74, 6) is -0.920. The van der Waals surface area contributed by atoms with Gasteiger partial charge in [-0.15, -0.1) is 0 Å². The Morgan fingerprint density at radius 1 is 1.13 bits per heavy atom. The van der Waals surface area contributed by atoms with Crippen LogP contribution in [0.15, 0.2) is 18.2 Å². The lowest BCUT2D eigenvalue weighted by Crippen LogP contribution is -2.46. The number of piperidine rings is 1. The lowest BCUT2D eigenvalue weighted by atomic mass is 10.0. The van der Waals surface area contributed by atoms with E-state index in [1.165, 1.54) is 0 Å². The Bertz CT molecular complexity index is 630. The number of nitrogens with zero attached hydrogens (tertiary/aromatic N) is 2. The van der Waals surface area contributed by atoms with Gasteiger partial charge in [-0.2, -0.15) is 0 Å². The number of benzene rings is 1. The molecule has 7 heteroatoms. The molecule has 0 bridgehead atoms. The van der Waals surface area contributed by atoms with Crippen LogP contribution in [-0.2, 0) is 9.59 Å². The molecule has 2 fully saturated rings. The number of hydrogen-bond donors (Lipinski definition) is 1. The van der Waals surface area contributed by atoms with Gasteiger partial charge in [0.25, 0.3) is 0 Å². The number of rotatable bonds is 2. The van der Waals surface area contributed by atoms with E-state index in [0.717, 1.165) is 12.8 Å². The first-order valence-electron chi connectivity index (χ1n) is 7.78. The molecule has 2 heterocycles. The maximum absolute atomic E-state index is 12.7. The molecule has 0 aromatic heterocycles. The minimum Gasteiger partial charge on any atom is -0.342 e. The van der Waals surface area contributed by atoms with Crippen molar-refractivity contribution in [2.45, 2.75) is 25.3 Å². The summed E-state index contributed by atoms with van der Waals surface area (Å²) < 4.78 is 0. The number of carbonyl (C=O) groups is 2. The van der Waals surface area contributed by atoms with Crippen LogP contribution >= 0.6 is 23.2 Å². The molecule has 1 atom stereocenters. The molecule has 0 aliphatic carbocycles. The molecule has 1 aromatic carbocycles. The summed E-state index contributed by atoms with van der Waals surface area (Å²) >= 11 is 12.2. The maximum Gasteiger partial charge on any atom is 0.239 e. The van der Waals surface area contributed by atoms with Crippen LogP contribution in [0.4, 0.5) is 5.69 Å². The van der Waals surface area contributed by atoms with Crippen LogP contribution in [0.5, 0.6) is 0 Å². The first-order valence-corrected chi connectivity index (χ1v) is 8.54. The zero-order chi connectivity index (χ0) is 16.6. The quantitative estimate of drug-likeness (QED) is 0.827. The lowest BCUT2D eigenvalue weighted by molar-refractivity contribution is -0.140. The lowest BCUT2D eigenvalue weighted by Gasteiger charge is -2.31. The fourth-order valence-electron chi connectivity index (χ4n) is 3.18. The molecule has 0 radical (unpaired) electrons. The van der Waals surface area contributed by atoms with Crippen molar-refractivity contribution in [1.82, 2.24) is 4.90 Å². The number of carbonyl (C=O) groups excluding carboxylic acids is 2. The van der Waals surface area contributed by atoms with E-state index in [2.05, 4.69) is 0 Å². The van der Waals surface area contributed by atoms with E-state index in [-0.39, 0.29) is 17.9 Å². The van der Waals surface area contributed by atoms with E-state index < -0.39 is 5.92 Å². The monoisotopic (exact) mass is 355 g/mol. The molecule has 2 amide bonds. The van der Waals surface area contributed by atoms with Crippen molar-refractivity contribution in [3.63, 3.8) is 0 Å². The van der Waals surface area contributed by atoms with Gasteiger partial charge in [-0.25, -0.2) is 0 Å². The standard InChI is InChI=1S/C16H19Cl2N3O2/c17-10-1-2-13(18)14(9-10)21-8-5-12(16(21)23)15(22)20-6-3-11(19)4-7-20/h1-2,9,11-12H,3-8,19H2. The van der Waals surface area contributed by atoms with Gasteiger partial charge in [0.05, 0.1) is 10.7 Å². The van der Waals surface area contributed by atoms with Crippen molar-refractivity contribution in [2.75, 3.05) is 24.5 Å². The second kappa shape index (κ2) is 6.67. The van der Waals surface area contributed by atoms with E-state index in [0.29, 0.717) is 41.8 Å². The third kappa shape index (κ3) is 3.32. The van der Waals surface area contributed by atoms with Gasteiger partial charge in [0, 0.05) is 30.7 Å². The number of amides is 2. The highest BCUT2D eigenvalue weighted by atomic mass is 35.5. The molecule has 23 heavy (non-hydrogen) atoms. The Morgan fingerprint density at radius 2 is 1.83 bits per heavy atom. The molecule has 3 rings (SSSR count). The van der Waals surface area contributed by atoms with E-state index in [4.69, 9.17) is 28.9 Å². The molecule has 1 aromatic rings. The number of hydrogen-bond acceptors (Lipinski definition) is 3. The topological polar surface area (TPSA) is 66.6 Å². The molecule has 0 saturated carbocycles. The smallest absolute Gasteiger partial charge is 0.239 e. The number of nitrogens with two attached hydrogens (primary N) is 1. The molecular weight excluding hydrogens is 337 g/mol. The molecule has 2 saturated heterocycles. The van der Waals surface area contributed by atoms with Gasteiger partial charge >= 0.3 is 0 Å². The van der Waals surface area contributed by atoms with E-state index >= 15 is 0 Å². The van der Waals surface area contributed by atoms with E-state index in [1.54, 1.807) is 28.0 Å². The highest BCUT2D eigenvalue weighted by molar-refractivity contribution is 6.36. The summed E-state index contributed by atoms with van der Waals surface area (Å²) in [5.41, 5.74) is 6.44. The fourth-order valence-corrected chi connectivity index (χ4v) is 3.57. The van der Waals surface area contributed by atoms with E-state index in [9.17, 15) is 9.59 Å². The summed E-state index contributed by atoms with van der Waals surface area (Å²) in [6, 6.07) is 5.15. The highest BCUT2D eigenvalue weighted by Crippen LogP contribution is 2.34. The summed E-state index contributed by atoms with van der Waals surface area (Å²) in [6.07, 6.45) is 2.08. The Hall–Kier alpha value is -1.30. The Kier molecular flexibility index (Phi) is 4.80. The van der Waals surface area contributed by atoms with Crippen molar-refractivity contribution in [1.29, 1.82) is 0 Å². The third-order valence-electron chi connectivity index (χ3n) is 4.55. The summed E-state index contributed by atoms with van der Waals surface area (Å²) in [6.45, 7) is 1.73. The van der Waals surface area contributed by atoms with Crippen molar-refractivity contribution in [3.8, 4) is 0 Å². The third-order valence-corrected chi connectivity index (χ3v) is 5.11. The molecule has 2 aliphatic rings. The van der Waals surface area contributed by atoms with Crippen LogP contribution in [0.3, 0.4) is 0 Å². The number of likely N-dealkylation sites (tertiary alicyclic amines) is 1. The average Bonchev–Trinajstić information content (AvgIpc) is 2.91. The molecular formula is C16H19Cl2N3O2. The highest BCUT2D eigenvalue weighted by Gasteiger charge is 2.40. The van der Waals surface area contributed by atoms with Crippen molar-refractivity contribution < 1.29 is 9.59 Å².